The summed E-state index contributed by atoms with van der Waals surface area (Å²) in [7, 11) is 3.95. The van der Waals surface area contributed by atoms with Crippen molar-refractivity contribution in [2.45, 2.75) is 44.2 Å². The minimum absolute atomic E-state index is 0.0699. The van der Waals surface area contributed by atoms with Crippen molar-refractivity contribution in [2.24, 2.45) is 5.92 Å². The van der Waals surface area contributed by atoms with Crippen molar-refractivity contribution >= 4 is 21.4 Å². The van der Waals surface area contributed by atoms with Gasteiger partial charge in [-0.05, 0) is 61.0 Å². The summed E-state index contributed by atoms with van der Waals surface area (Å²) in [6.45, 7) is 2.36. The van der Waals surface area contributed by atoms with Crippen molar-refractivity contribution in [3.8, 4) is 0 Å². The second kappa shape index (κ2) is 6.07. The fraction of sp³-hybridized carbons (Fsp3) is 0.556. The zero-order chi connectivity index (χ0) is 14.9. The van der Waals surface area contributed by atoms with Gasteiger partial charge >= 0.3 is 0 Å². The molecule has 1 N–H and O–H groups in total. The summed E-state index contributed by atoms with van der Waals surface area (Å²) in [5.74, 6) is 0.823. The van der Waals surface area contributed by atoms with E-state index < -0.39 is 0 Å². The van der Waals surface area contributed by atoms with Crippen molar-refractivity contribution in [3.63, 3.8) is 0 Å². The molecule has 21 heavy (non-hydrogen) atoms. The molecule has 1 saturated carbocycles. The summed E-state index contributed by atoms with van der Waals surface area (Å²) < 4.78 is 7.50. The van der Waals surface area contributed by atoms with Gasteiger partial charge in [0.05, 0.1) is 11.6 Å². The molecule has 1 atom stereocenters. The summed E-state index contributed by atoms with van der Waals surface area (Å²) in [4.78, 5) is 0. The van der Waals surface area contributed by atoms with Gasteiger partial charge in [0, 0.05) is 11.8 Å². The quantitative estimate of drug-likeness (QED) is 0.879. The Hall–Kier alpha value is -0.900. The van der Waals surface area contributed by atoms with E-state index in [0.29, 0.717) is 0 Å². The van der Waals surface area contributed by atoms with E-state index in [-0.39, 0.29) is 11.6 Å². The minimum Gasteiger partial charge on any atom is -0.376 e. The van der Waals surface area contributed by atoms with Gasteiger partial charge in [-0.3, -0.25) is 0 Å². The lowest BCUT2D eigenvalue weighted by molar-refractivity contribution is -0.0741. The third-order valence-electron chi connectivity index (χ3n) is 5.16. The highest BCUT2D eigenvalue weighted by Crippen LogP contribution is 2.44. The van der Waals surface area contributed by atoms with E-state index in [2.05, 4.69) is 48.9 Å². The van der Waals surface area contributed by atoms with Gasteiger partial charge in [0.25, 0.3) is 0 Å². The van der Waals surface area contributed by atoms with Gasteiger partial charge in [-0.2, -0.15) is 0 Å². The van der Waals surface area contributed by atoms with Gasteiger partial charge in [-0.25, -0.2) is 0 Å². The van der Waals surface area contributed by atoms with Crippen molar-refractivity contribution in [3.05, 3.63) is 35.2 Å². The lowest BCUT2D eigenvalue weighted by Gasteiger charge is -2.44. The number of nitrogens with one attached hydrogen (secondary N) is 1. The monoisotopic (exact) mass is 303 g/mol. The summed E-state index contributed by atoms with van der Waals surface area (Å²) in [6.07, 6.45) is 4.79. The standard InChI is InChI=1S/C18H25NOS/c1-13-7-10-18(20-3,11-8-13)17(19-2)15-6-4-5-14-9-12-21-16(14)15/h4-6,9,12-13,17,19H,7-8,10-11H2,1-3H3. The van der Waals surface area contributed by atoms with Crippen LogP contribution in [-0.4, -0.2) is 19.8 Å². The first kappa shape index (κ1) is 15.0. The molecule has 0 radical (unpaired) electrons. The number of rotatable bonds is 4. The van der Waals surface area contributed by atoms with Crippen LogP contribution in [0.1, 0.15) is 44.2 Å². The number of hydrogen-bond acceptors (Lipinski definition) is 3. The molecular formula is C18H25NOS. The third-order valence-corrected chi connectivity index (χ3v) is 6.14. The molecule has 1 unspecified atom stereocenters. The number of likely N-dealkylation sites (N-methyl/N-ethyl adjacent to an activating group) is 1. The largest absolute Gasteiger partial charge is 0.376 e. The Morgan fingerprint density at radius 1 is 1.29 bits per heavy atom. The van der Waals surface area contributed by atoms with Crippen LogP contribution >= 0.6 is 11.3 Å². The number of ether oxygens (including phenoxy) is 1. The molecule has 1 fully saturated rings. The van der Waals surface area contributed by atoms with Crippen LogP contribution in [0.3, 0.4) is 0 Å². The summed E-state index contributed by atoms with van der Waals surface area (Å²) in [6, 6.07) is 9.10. The topological polar surface area (TPSA) is 21.3 Å². The number of thiophene rings is 1. The lowest BCUT2D eigenvalue weighted by Crippen LogP contribution is -2.47. The van der Waals surface area contributed by atoms with Gasteiger partial charge in [0.2, 0.25) is 0 Å². The molecule has 0 saturated heterocycles. The van der Waals surface area contributed by atoms with E-state index in [1.54, 1.807) is 0 Å². The maximum absolute atomic E-state index is 6.10. The van der Waals surface area contributed by atoms with Crippen LogP contribution in [0.25, 0.3) is 10.1 Å². The van der Waals surface area contributed by atoms with Crippen LogP contribution < -0.4 is 5.32 Å². The van der Waals surface area contributed by atoms with Gasteiger partial charge < -0.3 is 10.1 Å². The van der Waals surface area contributed by atoms with Crippen molar-refractivity contribution < 1.29 is 4.74 Å². The second-order valence-corrected chi connectivity index (χ2v) is 7.28. The fourth-order valence-electron chi connectivity index (χ4n) is 3.81. The molecule has 0 spiro atoms. The summed E-state index contributed by atoms with van der Waals surface area (Å²) in [5, 5.41) is 7.08. The molecule has 1 aliphatic rings. The van der Waals surface area contributed by atoms with E-state index in [1.165, 1.54) is 28.5 Å². The Balaban J connectivity index is 2.02. The lowest BCUT2D eigenvalue weighted by atomic mass is 9.73. The third kappa shape index (κ3) is 2.63. The van der Waals surface area contributed by atoms with Crippen molar-refractivity contribution in [2.75, 3.05) is 14.2 Å². The second-order valence-electron chi connectivity index (χ2n) is 6.36. The highest BCUT2D eigenvalue weighted by molar-refractivity contribution is 7.17. The maximum atomic E-state index is 6.10. The minimum atomic E-state index is -0.0699. The molecule has 1 aromatic carbocycles. The molecule has 0 bridgehead atoms. The molecule has 1 aliphatic carbocycles. The van der Waals surface area contributed by atoms with E-state index in [1.807, 2.05) is 18.4 Å². The first-order valence-electron chi connectivity index (χ1n) is 7.89. The molecule has 3 heteroatoms. The first-order valence-corrected chi connectivity index (χ1v) is 8.76. The average Bonchev–Trinajstić information content (AvgIpc) is 2.99. The Bertz CT molecular complexity index is 598. The van der Waals surface area contributed by atoms with Crippen molar-refractivity contribution in [1.29, 1.82) is 0 Å². The number of methoxy groups -OCH3 is 1. The van der Waals surface area contributed by atoms with Crippen LogP contribution in [0.15, 0.2) is 29.6 Å². The normalized spacial score (nSPS) is 27.9. The van der Waals surface area contributed by atoms with E-state index in [4.69, 9.17) is 4.74 Å². The summed E-state index contributed by atoms with van der Waals surface area (Å²) >= 11 is 1.84. The van der Waals surface area contributed by atoms with E-state index >= 15 is 0 Å². The Labute approximate surface area is 131 Å². The fourth-order valence-corrected chi connectivity index (χ4v) is 4.75. The molecule has 2 aromatic rings. The zero-order valence-corrected chi connectivity index (χ0v) is 14.0. The van der Waals surface area contributed by atoms with Crippen LogP contribution in [0.2, 0.25) is 0 Å². The van der Waals surface area contributed by atoms with Gasteiger partial charge in [0.1, 0.15) is 0 Å². The number of fused-ring (bicyclic) bond motifs is 1. The average molecular weight is 303 g/mol. The molecule has 1 heterocycles. The van der Waals surface area contributed by atoms with Crippen molar-refractivity contribution in [1.82, 2.24) is 5.32 Å². The first-order chi connectivity index (χ1) is 10.2. The predicted octanol–water partition coefficient (Wildman–Crippen LogP) is 4.76. The van der Waals surface area contributed by atoms with Gasteiger partial charge in [0.15, 0.2) is 0 Å². The molecule has 0 aliphatic heterocycles. The smallest absolute Gasteiger partial charge is 0.0873 e. The van der Waals surface area contributed by atoms with Crippen LogP contribution in [-0.2, 0) is 4.74 Å². The van der Waals surface area contributed by atoms with Crippen LogP contribution in [0.4, 0.5) is 0 Å². The highest BCUT2D eigenvalue weighted by Gasteiger charge is 2.42. The molecule has 114 valence electrons. The number of benzene rings is 1. The molecule has 1 aromatic heterocycles. The SMILES string of the molecule is CNC(c1cccc2ccsc12)C1(OC)CCC(C)CC1. The molecular weight excluding hydrogens is 278 g/mol. The van der Waals surface area contributed by atoms with E-state index in [9.17, 15) is 0 Å². The zero-order valence-electron chi connectivity index (χ0n) is 13.2. The Morgan fingerprint density at radius 3 is 2.71 bits per heavy atom. The molecule has 3 rings (SSSR count). The van der Waals surface area contributed by atoms with Crippen LogP contribution in [0.5, 0.6) is 0 Å². The van der Waals surface area contributed by atoms with Crippen LogP contribution in [0, 0.1) is 5.92 Å². The Kier molecular flexibility index (Phi) is 4.34. The predicted molar refractivity (Wildman–Crippen MR) is 91.0 cm³/mol. The summed E-state index contributed by atoms with van der Waals surface area (Å²) in [5.41, 5.74) is 1.32. The van der Waals surface area contributed by atoms with Gasteiger partial charge in [-0.15, -0.1) is 11.3 Å². The van der Waals surface area contributed by atoms with Gasteiger partial charge in [-0.1, -0.05) is 25.1 Å². The molecule has 2 nitrogen and oxygen atoms in total. The highest BCUT2D eigenvalue weighted by atomic mass is 32.1. The maximum Gasteiger partial charge on any atom is 0.0873 e. The molecule has 0 amide bonds. The number of hydrogen-bond donors (Lipinski definition) is 1. The Morgan fingerprint density at radius 2 is 2.05 bits per heavy atom. The van der Waals surface area contributed by atoms with E-state index in [0.717, 1.165) is 18.8 Å².